The van der Waals surface area contributed by atoms with Crippen LogP contribution in [-0.4, -0.2) is 33.9 Å². The third kappa shape index (κ3) is 4.01. The van der Waals surface area contributed by atoms with Crippen LogP contribution in [0.1, 0.15) is 24.0 Å². The summed E-state index contributed by atoms with van der Waals surface area (Å²) >= 11 is 6.11. The number of hydrogen-bond donors (Lipinski definition) is 2. The van der Waals surface area contributed by atoms with Crippen LogP contribution in [0.25, 0.3) is 11.3 Å². The number of nitrogens with zero attached hydrogens (tertiary/aromatic N) is 3. The number of carbonyl (C=O) groups excluding carboxylic acids is 1. The third-order valence-electron chi connectivity index (χ3n) is 5.54. The van der Waals surface area contributed by atoms with Gasteiger partial charge in [0.2, 0.25) is 11.9 Å². The maximum atomic E-state index is 12.2. The second-order valence-electron chi connectivity index (χ2n) is 7.79. The van der Waals surface area contributed by atoms with Crippen molar-refractivity contribution < 1.29 is 4.79 Å². The Labute approximate surface area is 180 Å². The summed E-state index contributed by atoms with van der Waals surface area (Å²) in [6.07, 6.45) is 4.54. The van der Waals surface area contributed by atoms with Crippen molar-refractivity contribution in [2.75, 3.05) is 23.7 Å². The fourth-order valence-corrected chi connectivity index (χ4v) is 4.22. The smallest absolute Gasteiger partial charge is 0.228 e. The number of anilines is 3. The highest BCUT2D eigenvalue weighted by Gasteiger charge is 2.21. The molecule has 2 aliphatic rings. The lowest BCUT2D eigenvalue weighted by Crippen LogP contribution is -2.18. The zero-order valence-corrected chi connectivity index (χ0v) is 17.2. The van der Waals surface area contributed by atoms with E-state index in [4.69, 9.17) is 16.6 Å². The minimum atomic E-state index is -0.102. The Hall–Kier alpha value is -2.96. The number of likely N-dealkylation sites (tertiary alicyclic amines) is 1. The summed E-state index contributed by atoms with van der Waals surface area (Å²) in [5.74, 6) is 0.395. The molecule has 0 aliphatic carbocycles. The summed E-state index contributed by atoms with van der Waals surface area (Å²) in [6, 6.07) is 13.8. The van der Waals surface area contributed by atoms with Crippen LogP contribution < -0.4 is 10.6 Å². The molecule has 1 aromatic heterocycles. The molecule has 7 heteroatoms. The fourth-order valence-electron chi connectivity index (χ4n) is 4.04. The molecule has 5 rings (SSSR count). The number of aromatic nitrogens is 2. The van der Waals surface area contributed by atoms with Gasteiger partial charge in [0.1, 0.15) is 0 Å². The van der Waals surface area contributed by atoms with Gasteiger partial charge in [-0.3, -0.25) is 9.69 Å². The van der Waals surface area contributed by atoms with E-state index in [-0.39, 0.29) is 12.3 Å². The summed E-state index contributed by atoms with van der Waals surface area (Å²) in [7, 11) is 0. The number of fused-ring (bicyclic) bond motifs is 3. The van der Waals surface area contributed by atoms with Gasteiger partial charge in [0, 0.05) is 34.6 Å². The van der Waals surface area contributed by atoms with E-state index >= 15 is 0 Å². The summed E-state index contributed by atoms with van der Waals surface area (Å²) in [6.45, 7) is 3.37. The molecule has 6 nitrogen and oxygen atoms in total. The van der Waals surface area contributed by atoms with Crippen LogP contribution in [0.15, 0.2) is 48.7 Å². The summed E-state index contributed by atoms with van der Waals surface area (Å²) in [4.78, 5) is 23.8. The van der Waals surface area contributed by atoms with E-state index in [9.17, 15) is 4.79 Å². The Bertz CT molecular complexity index is 1090. The topological polar surface area (TPSA) is 70.2 Å². The standard InChI is InChI=1S/C23H22ClN5O/c24-17-5-8-19-20(12-17)27-21(30)11-16-13-25-23(28-22(16)19)26-18-6-3-15(4-7-18)14-29-9-1-2-10-29/h3-8,12-13H,1-2,9-11,14H2,(H,27,30)(H,25,26,28). The summed E-state index contributed by atoms with van der Waals surface area (Å²) < 4.78 is 0. The predicted molar refractivity (Wildman–Crippen MR) is 119 cm³/mol. The second kappa shape index (κ2) is 8.05. The van der Waals surface area contributed by atoms with E-state index < -0.39 is 0 Å². The van der Waals surface area contributed by atoms with Gasteiger partial charge >= 0.3 is 0 Å². The minimum Gasteiger partial charge on any atom is -0.325 e. The van der Waals surface area contributed by atoms with Gasteiger partial charge in [0.25, 0.3) is 0 Å². The summed E-state index contributed by atoms with van der Waals surface area (Å²) in [5.41, 5.74) is 5.28. The van der Waals surface area contributed by atoms with Gasteiger partial charge in [0.05, 0.1) is 17.8 Å². The first-order valence-electron chi connectivity index (χ1n) is 10.2. The highest BCUT2D eigenvalue weighted by Crippen LogP contribution is 2.34. The van der Waals surface area contributed by atoms with E-state index in [0.717, 1.165) is 29.1 Å². The molecule has 1 amide bonds. The van der Waals surface area contributed by atoms with Crippen LogP contribution in [0.5, 0.6) is 0 Å². The van der Waals surface area contributed by atoms with Crippen molar-refractivity contribution in [3.8, 4) is 11.3 Å². The Kier molecular flexibility index (Phi) is 5.11. The lowest BCUT2D eigenvalue weighted by molar-refractivity contribution is -0.115. The quantitative estimate of drug-likeness (QED) is 0.645. The molecule has 0 atom stereocenters. The van der Waals surface area contributed by atoms with Crippen molar-refractivity contribution in [3.05, 3.63) is 64.8 Å². The zero-order valence-electron chi connectivity index (χ0n) is 16.5. The second-order valence-corrected chi connectivity index (χ2v) is 8.22. The molecule has 2 aliphatic heterocycles. The normalized spacial score (nSPS) is 15.8. The van der Waals surface area contributed by atoms with Crippen molar-refractivity contribution in [1.29, 1.82) is 0 Å². The average molecular weight is 420 g/mol. The number of carbonyl (C=O) groups is 1. The number of nitrogens with one attached hydrogen (secondary N) is 2. The van der Waals surface area contributed by atoms with Crippen molar-refractivity contribution in [1.82, 2.24) is 14.9 Å². The molecular weight excluding hydrogens is 398 g/mol. The van der Waals surface area contributed by atoms with Gasteiger partial charge in [0.15, 0.2) is 0 Å². The highest BCUT2D eigenvalue weighted by atomic mass is 35.5. The highest BCUT2D eigenvalue weighted by molar-refractivity contribution is 6.31. The van der Waals surface area contributed by atoms with Gasteiger partial charge in [-0.15, -0.1) is 0 Å². The van der Waals surface area contributed by atoms with E-state index in [1.54, 1.807) is 18.3 Å². The average Bonchev–Trinajstić information content (AvgIpc) is 3.19. The lowest BCUT2D eigenvalue weighted by atomic mass is 10.1. The van der Waals surface area contributed by atoms with Gasteiger partial charge < -0.3 is 10.6 Å². The van der Waals surface area contributed by atoms with Gasteiger partial charge in [-0.1, -0.05) is 23.7 Å². The third-order valence-corrected chi connectivity index (χ3v) is 5.78. The zero-order chi connectivity index (χ0) is 20.5. The maximum absolute atomic E-state index is 12.2. The van der Waals surface area contributed by atoms with Crippen LogP contribution in [0.3, 0.4) is 0 Å². The van der Waals surface area contributed by atoms with Crippen molar-refractivity contribution >= 4 is 34.8 Å². The lowest BCUT2D eigenvalue weighted by Gasteiger charge is -2.15. The molecule has 3 heterocycles. The molecular formula is C23H22ClN5O. The van der Waals surface area contributed by atoms with Crippen molar-refractivity contribution in [2.45, 2.75) is 25.8 Å². The minimum absolute atomic E-state index is 0.102. The first kappa shape index (κ1) is 19.0. The molecule has 2 aromatic carbocycles. The fraction of sp³-hybridized carbons (Fsp3) is 0.261. The van der Waals surface area contributed by atoms with E-state index in [0.29, 0.717) is 16.7 Å². The molecule has 3 aromatic rings. The predicted octanol–water partition coefficient (Wildman–Crippen LogP) is 4.63. The first-order chi connectivity index (χ1) is 14.6. The molecule has 152 valence electrons. The largest absolute Gasteiger partial charge is 0.325 e. The molecule has 1 saturated heterocycles. The number of benzene rings is 2. The summed E-state index contributed by atoms with van der Waals surface area (Å²) in [5, 5.41) is 6.75. The first-order valence-corrected chi connectivity index (χ1v) is 10.6. The van der Waals surface area contributed by atoms with E-state index in [1.807, 2.05) is 6.07 Å². The van der Waals surface area contributed by atoms with Crippen LogP contribution in [0.4, 0.5) is 17.3 Å². The molecule has 0 unspecified atom stereocenters. The Morgan fingerprint density at radius 2 is 1.90 bits per heavy atom. The number of halogens is 1. The van der Waals surface area contributed by atoms with E-state index in [1.165, 1.54) is 31.5 Å². The number of rotatable bonds is 4. The molecule has 1 fully saturated rings. The van der Waals surface area contributed by atoms with Gasteiger partial charge in [-0.2, -0.15) is 0 Å². The molecule has 0 saturated carbocycles. The Morgan fingerprint density at radius 1 is 1.10 bits per heavy atom. The van der Waals surface area contributed by atoms with Gasteiger partial charge in [-0.05, 0) is 61.8 Å². The van der Waals surface area contributed by atoms with Crippen LogP contribution in [0.2, 0.25) is 5.02 Å². The Morgan fingerprint density at radius 3 is 2.70 bits per heavy atom. The monoisotopic (exact) mass is 419 g/mol. The van der Waals surface area contributed by atoms with Crippen LogP contribution >= 0.6 is 11.6 Å². The molecule has 2 N–H and O–H groups in total. The molecule has 0 radical (unpaired) electrons. The number of hydrogen-bond acceptors (Lipinski definition) is 5. The molecule has 30 heavy (non-hydrogen) atoms. The molecule has 0 spiro atoms. The SMILES string of the molecule is O=C1Cc2cnc(Nc3ccc(CN4CCCC4)cc3)nc2-c2ccc(Cl)cc2N1. The number of amides is 1. The van der Waals surface area contributed by atoms with Crippen molar-refractivity contribution in [2.24, 2.45) is 0 Å². The van der Waals surface area contributed by atoms with E-state index in [2.05, 4.69) is 44.8 Å². The van der Waals surface area contributed by atoms with Crippen LogP contribution in [0, 0.1) is 0 Å². The van der Waals surface area contributed by atoms with Crippen molar-refractivity contribution in [3.63, 3.8) is 0 Å². The van der Waals surface area contributed by atoms with Gasteiger partial charge in [-0.25, -0.2) is 9.97 Å². The van der Waals surface area contributed by atoms with Crippen LogP contribution in [-0.2, 0) is 17.8 Å². The molecule has 0 bridgehead atoms. The Balaban J connectivity index is 1.39. The maximum Gasteiger partial charge on any atom is 0.228 e.